The molecule has 0 aliphatic carbocycles. The lowest BCUT2D eigenvalue weighted by atomic mass is 10.2. The molecule has 0 fully saturated rings. The molecule has 2 atom stereocenters. The molecule has 2 heterocycles. The van der Waals surface area contributed by atoms with E-state index in [0.717, 1.165) is 75.4 Å². The second-order valence-corrected chi connectivity index (χ2v) is 14.1. The van der Waals surface area contributed by atoms with Gasteiger partial charge in [-0.1, -0.05) is 71.5 Å². The first-order chi connectivity index (χ1) is 21.9. The van der Waals surface area contributed by atoms with Gasteiger partial charge in [0, 0.05) is 37.7 Å². The van der Waals surface area contributed by atoms with Gasteiger partial charge in [0.25, 0.3) is 0 Å². The number of hydrogen-bond acceptors (Lipinski definition) is 10. The van der Waals surface area contributed by atoms with Gasteiger partial charge in [-0.2, -0.15) is 0 Å². The van der Waals surface area contributed by atoms with Crippen molar-refractivity contribution in [1.82, 2.24) is 21.3 Å². The number of benzene rings is 2. The Bertz CT molecular complexity index is 961. The molecule has 0 bridgehead atoms. The van der Waals surface area contributed by atoms with Crippen LogP contribution < -0.4 is 40.2 Å². The summed E-state index contributed by atoms with van der Waals surface area (Å²) >= 11 is 0. The molecule has 278 valence electrons. The largest absolute Gasteiger partial charge is 0.486 e. The van der Waals surface area contributed by atoms with E-state index < -0.39 is 0 Å². The number of halogens is 4. The zero-order valence-electron chi connectivity index (χ0n) is 28.0. The van der Waals surface area contributed by atoms with Crippen LogP contribution in [0.1, 0.15) is 51.4 Å². The monoisotopic (exact) mass is 790 g/mol. The summed E-state index contributed by atoms with van der Waals surface area (Å²) in [4.78, 5) is 0. The SMILES string of the molecule is Cl.Cl.Cl.Cl.c1ccc2c(c1)OCC(CNCCCCCCNCCSSCCNCCCCCCNCC1COc3ccccc3O1)O2. The Kier molecular flexibility index (Phi) is 30.7. The van der Waals surface area contributed by atoms with Crippen LogP contribution in [0, 0.1) is 0 Å². The van der Waals surface area contributed by atoms with Crippen molar-refractivity contribution in [3.63, 3.8) is 0 Å². The summed E-state index contributed by atoms with van der Waals surface area (Å²) in [6, 6.07) is 15.8. The third-order valence-electron chi connectivity index (χ3n) is 7.60. The van der Waals surface area contributed by atoms with Crippen molar-refractivity contribution in [3.05, 3.63) is 48.5 Å². The topological polar surface area (TPSA) is 85.0 Å². The molecule has 0 radical (unpaired) electrons. The number of hydrogen-bond donors (Lipinski definition) is 4. The minimum Gasteiger partial charge on any atom is -0.486 e. The number of nitrogens with one attached hydrogen (secondary N) is 4. The van der Waals surface area contributed by atoms with Crippen molar-refractivity contribution in [2.24, 2.45) is 0 Å². The number of rotatable bonds is 25. The quantitative estimate of drug-likeness (QED) is 0.0612. The predicted octanol–water partition coefficient (Wildman–Crippen LogP) is 7.21. The fourth-order valence-electron chi connectivity index (χ4n) is 5.16. The maximum absolute atomic E-state index is 5.99. The molecular weight excluding hydrogens is 734 g/mol. The lowest BCUT2D eigenvalue weighted by molar-refractivity contribution is 0.0905. The first-order valence-corrected chi connectivity index (χ1v) is 19.2. The summed E-state index contributed by atoms with van der Waals surface area (Å²) in [5, 5.41) is 14.2. The second-order valence-electron chi connectivity index (χ2n) is 11.4. The number of fused-ring (bicyclic) bond motifs is 2. The van der Waals surface area contributed by atoms with E-state index >= 15 is 0 Å². The van der Waals surface area contributed by atoms with Crippen LogP contribution in [-0.2, 0) is 0 Å². The van der Waals surface area contributed by atoms with Gasteiger partial charge < -0.3 is 40.2 Å². The van der Waals surface area contributed by atoms with Gasteiger partial charge in [-0.05, 0) is 76.1 Å². The summed E-state index contributed by atoms with van der Waals surface area (Å²) in [5.74, 6) is 5.76. The minimum atomic E-state index is 0. The smallest absolute Gasteiger partial charge is 0.161 e. The lowest BCUT2D eigenvalue weighted by Crippen LogP contribution is -2.38. The Labute approximate surface area is 321 Å². The number of para-hydroxylation sites is 4. The highest BCUT2D eigenvalue weighted by Gasteiger charge is 2.20. The highest BCUT2D eigenvalue weighted by Crippen LogP contribution is 2.31. The van der Waals surface area contributed by atoms with Crippen molar-refractivity contribution in [1.29, 1.82) is 0 Å². The molecule has 48 heavy (non-hydrogen) atoms. The maximum atomic E-state index is 5.99. The van der Waals surface area contributed by atoms with E-state index in [9.17, 15) is 0 Å². The fourth-order valence-corrected chi connectivity index (χ4v) is 7.05. The molecular formula is C34H58Cl4N4O4S2. The van der Waals surface area contributed by atoms with Crippen LogP contribution in [0.2, 0.25) is 0 Å². The van der Waals surface area contributed by atoms with Crippen LogP contribution in [0.4, 0.5) is 0 Å². The van der Waals surface area contributed by atoms with Gasteiger partial charge in [0.05, 0.1) is 0 Å². The average Bonchev–Trinajstić information content (AvgIpc) is 3.06. The van der Waals surface area contributed by atoms with Gasteiger partial charge >= 0.3 is 0 Å². The molecule has 2 unspecified atom stereocenters. The molecule has 0 aromatic heterocycles. The zero-order valence-corrected chi connectivity index (χ0v) is 32.9. The lowest BCUT2D eigenvalue weighted by Gasteiger charge is -2.26. The Morgan fingerprint density at radius 2 is 0.812 bits per heavy atom. The van der Waals surface area contributed by atoms with Gasteiger partial charge in [0.15, 0.2) is 23.0 Å². The summed E-state index contributed by atoms with van der Waals surface area (Å²) in [5.41, 5.74) is 0. The van der Waals surface area contributed by atoms with E-state index in [-0.39, 0.29) is 61.8 Å². The Morgan fingerprint density at radius 3 is 1.21 bits per heavy atom. The molecule has 8 nitrogen and oxygen atoms in total. The summed E-state index contributed by atoms with van der Waals surface area (Å²) in [6.07, 6.45) is 10.3. The molecule has 14 heteroatoms. The molecule has 4 rings (SSSR count). The maximum Gasteiger partial charge on any atom is 0.161 e. The molecule has 0 amide bonds. The molecule has 2 aromatic carbocycles. The number of unbranched alkanes of at least 4 members (excludes halogenated alkanes) is 6. The fraction of sp³-hybridized carbons (Fsp3) is 0.647. The van der Waals surface area contributed by atoms with E-state index in [0.29, 0.717) is 13.2 Å². The first kappa shape index (κ1) is 47.3. The van der Waals surface area contributed by atoms with Crippen LogP contribution in [0.5, 0.6) is 23.0 Å². The van der Waals surface area contributed by atoms with E-state index in [1.165, 1.54) is 62.9 Å². The third kappa shape index (κ3) is 20.3. The average molecular weight is 793 g/mol. The van der Waals surface area contributed by atoms with Crippen molar-refractivity contribution < 1.29 is 18.9 Å². The normalized spacial score (nSPS) is 15.7. The molecule has 0 saturated carbocycles. The molecule has 0 spiro atoms. The van der Waals surface area contributed by atoms with Crippen molar-refractivity contribution in [2.45, 2.75) is 63.6 Å². The van der Waals surface area contributed by atoms with Crippen LogP contribution in [0.3, 0.4) is 0 Å². The minimum absolute atomic E-state index is 0. The standard InChI is InChI=1S/C34H54N4O4S2.4ClH/c1(3-11-19-37-25-29-27-39-31-13-5-7-15-33(31)41-29)9-17-35-21-23-43-44-24-22-36-18-10-2-4-12-20-38-26-30-28-40-32-14-6-8-16-34(32)42-30;;;;/h5-8,13-16,29-30,35-38H,1-4,9-12,17-28H2;4*1H. The van der Waals surface area contributed by atoms with Gasteiger partial charge in [0.1, 0.15) is 25.4 Å². The van der Waals surface area contributed by atoms with Gasteiger partial charge in [-0.15, -0.1) is 49.6 Å². The molecule has 2 aromatic rings. The van der Waals surface area contributed by atoms with E-state index in [4.69, 9.17) is 18.9 Å². The summed E-state index contributed by atoms with van der Waals surface area (Å²) in [6.45, 7) is 9.45. The molecule has 0 saturated heterocycles. The van der Waals surface area contributed by atoms with Crippen LogP contribution >= 0.6 is 71.2 Å². The van der Waals surface area contributed by atoms with Gasteiger partial charge in [-0.25, -0.2) is 0 Å². The molecule has 2 aliphatic rings. The van der Waals surface area contributed by atoms with Crippen molar-refractivity contribution in [3.8, 4) is 23.0 Å². The Balaban J connectivity index is 0.00000552. The van der Waals surface area contributed by atoms with E-state index in [1.54, 1.807) is 0 Å². The highest BCUT2D eigenvalue weighted by atomic mass is 35.5. The molecule has 2 aliphatic heterocycles. The van der Waals surface area contributed by atoms with Crippen LogP contribution in [0.15, 0.2) is 48.5 Å². The van der Waals surface area contributed by atoms with Gasteiger partial charge in [0.2, 0.25) is 0 Å². The van der Waals surface area contributed by atoms with E-state index in [2.05, 4.69) is 21.3 Å². The Hall–Kier alpha value is -0.660. The number of ether oxygens (including phenoxy) is 4. The predicted molar refractivity (Wildman–Crippen MR) is 215 cm³/mol. The van der Waals surface area contributed by atoms with Crippen molar-refractivity contribution >= 4 is 71.2 Å². The van der Waals surface area contributed by atoms with Crippen LogP contribution in [-0.4, -0.2) is 89.3 Å². The third-order valence-corrected chi connectivity index (χ3v) is 10.0. The zero-order chi connectivity index (χ0) is 30.3. The summed E-state index contributed by atoms with van der Waals surface area (Å²) < 4.78 is 23.5. The van der Waals surface area contributed by atoms with Gasteiger partial charge in [-0.3, -0.25) is 0 Å². The second kappa shape index (κ2) is 31.1. The first-order valence-electron chi connectivity index (χ1n) is 16.7. The molecule has 4 N–H and O–H groups in total. The van der Waals surface area contributed by atoms with Crippen molar-refractivity contribution in [2.75, 3.05) is 77.1 Å². The van der Waals surface area contributed by atoms with E-state index in [1.807, 2.05) is 70.1 Å². The summed E-state index contributed by atoms with van der Waals surface area (Å²) in [7, 11) is 3.98. The van der Waals surface area contributed by atoms with Crippen LogP contribution in [0.25, 0.3) is 0 Å². The highest BCUT2D eigenvalue weighted by molar-refractivity contribution is 8.76. The Morgan fingerprint density at radius 1 is 0.458 bits per heavy atom.